The van der Waals surface area contributed by atoms with Gasteiger partial charge >= 0.3 is 0 Å². The number of halogens is 1. The predicted molar refractivity (Wildman–Crippen MR) is 89.9 cm³/mol. The van der Waals surface area contributed by atoms with Crippen LogP contribution in [0.2, 0.25) is 0 Å². The summed E-state index contributed by atoms with van der Waals surface area (Å²) in [6.07, 6.45) is 1.09. The summed E-state index contributed by atoms with van der Waals surface area (Å²) in [4.78, 5) is 12.0. The van der Waals surface area contributed by atoms with Gasteiger partial charge < -0.3 is 11.1 Å². The van der Waals surface area contributed by atoms with Crippen LogP contribution in [0.5, 0.6) is 0 Å². The van der Waals surface area contributed by atoms with Gasteiger partial charge in [0.1, 0.15) is 0 Å². The number of nitrogens with two attached hydrogens (primary N) is 1. The molecule has 1 amide bonds. The van der Waals surface area contributed by atoms with Gasteiger partial charge in [0, 0.05) is 16.6 Å². The van der Waals surface area contributed by atoms with E-state index in [1.807, 2.05) is 55.5 Å². The molecule has 2 aromatic rings. The zero-order chi connectivity index (χ0) is 15.2. The van der Waals surface area contributed by atoms with Gasteiger partial charge in [0.15, 0.2) is 0 Å². The van der Waals surface area contributed by atoms with Crippen molar-refractivity contribution < 1.29 is 4.79 Å². The van der Waals surface area contributed by atoms with Gasteiger partial charge in [-0.2, -0.15) is 0 Å². The Morgan fingerprint density at radius 2 is 2.00 bits per heavy atom. The Morgan fingerprint density at radius 1 is 1.24 bits per heavy atom. The minimum Gasteiger partial charge on any atom is -0.399 e. The summed E-state index contributed by atoms with van der Waals surface area (Å²) in [6, 6.07) is 15.6. The predicted octanol–water partition coefficient (Wildman–Crippen LogP) is 3.84. The van der Waals surface area contributed by atoms with Crippen LogP contribution in [0.15, 0.2) is 53.0 Å². The smallest absolute Gasteiger partial charge is 0.220 e. The van der Waals surface area contributed by atoms with E-state index < -0.39 is 0 Å². The van der Waals surface area contributed by atoms with Crippen molar-refractivity contribution in [1.82, 2.24) is 5.32 Å². The number of anilines is 1. The molecule has 1 atom stereocenters. The highest BCUT2D eigenvalue weighted by Crippen LogP contribution is 2.18. The fraction of sp³-hybridized carbons (Fsp3) is 0.235. The van der Waals surface area contributed by atoms with E-state index in [1.165, 1.54) is 0 Å². The fourth-order valence-corrected chi connectivity index (χ4v) is 2.60. The van der Waals surface area contributed by atoms with Crippen molar-refractivity contribution in [3.05, 3.63) is 64.1 Å². The second kappa shape index (κ2) is 7.27. The molecule has 21 heavy (non-hydrogen) atoms. The van der Waals surface area contributed by atoms with E-state index in [2.05, 4.69) is 21.2 Å². The topological polar surface area (TPSA) is 55.1 Å². The van der Waals surface area contributed by atoms with Gasteiger partial charge in [-0.05, 0) is 42.7 Å². The average molecular weight is 347 g/mol. The Hall–Kier alpha value is -1.81. The average Bonchev–Trinajstić information content (AvgIpc) is 2.46. The highest BCUT2D eigenvalue weighted by atomic mass is 79.9. The summed E-state index contributed by atoms with van der Waals surface area (Å²) in [5, 5.41) is 3.01. The van der Waals surface area contributed by atoms with Crippen molar-refractivity contribution >= 4 is 27.5 Å². The lowest BCUT2D eigenvalue weighted by Crippen LogP contribution is -2.26. The van der Waals surface area contributed by atoms with Gasteiger partial charge in [0.25, 0.3) is 0 Å². The standard InChI is InChI=1S/C17H19BrN2O/c1-12(14-6-4-7-15(18)11-14)20-17(21)10-9-13-5-2-3-8-16(13)19/h2-8,11-12H,9-10,19H2,1H3,(H,20,21). The molecule has 0 aliphatic rings. The Bertz CT molecular complexity index is 628. The second-order valence-electron chi connectivity index (χ2n) is 5.04. The fourth-order valence-electron chi connectivity index (χ4n) is 2.18. The van der Waals surface area contributed by atoms with Gasteiger partial charge in [-0.15, -0.1) is 0 Å². The normalized spacial score (nSPS) is 11.9. The minimum atomic E-state index is -0.0110. The van der Waals surface area contributed by atoms with E-state index in [-0.39, 0.29) is 11.9 Å². The number of hydrogen-bond donors (Lipinski definition) is 2. The van der Waals surface area contributed by atoms with E-state index in [9.17, 15) is 4.79 Å². The van der Waals surface area contributed by atoms with Crippen LogP contribution in [0.25, 0.3) is 0 Å². The monoisotopic (exact) mass is 346 g/mol. The van der Waals surface area contributed by atoms with Gasteiger partial charge in [0.05, 0.1) is 6.04 Å². The van der Waals surface area contributed by atoms with E-state index in [0.717, 1.165) is 21.3 Å². The van der Waals surface area contributed by atoms with E-state index in [0.29, 0.717) is 12.8 Å². The Kier molecular flexibility index (Phi) is 5.39. The largest absolute Gasteiger partial charge is 0.399 e. The third-order valence-electron chi connectivity index (χ3n) is 3.40. The molecular formula is C17H19BrN2O. The summed E-state index contributed by atoms with van der Waals surface area (Å²) < 4.78 is 1.01. The summed E-state index contributed by atoms with van der Waals surface area (Å²) in [6.45, 7) is 1.98. The zero-order valence-electron chi connectivity index (χ0n) is 12.0. The van der Waals surface area contributed by atoms with Crippen molar-refractivity contribution in [1.29, 1.82) is 0 Å². The van der Waals surface area contributed by atoms with Crippen molar-refractivity contribution in [2.75, 3.05) is 5.73 Å². The highest BCUT2D eigenvalue weighted by Gasteiger charge is 2.10. The summed E-state index contributed by atoms with van der Waals surface area (Å²) in [7, 11) is 0. The third kappa shape index (κ3) is 4.60. The molecule has 0 aliphatic carbocycles. The molecule has 0 aromatic heterocycles. The van der Waals surface area contributed by atoms with Gasteiger partial charge in [0.2, 0.25) is 5.91 Å². The van der Waals surface area contributed by atoms with Crippen molar-refractivity contribution in [3.8, 4) is 0 Å². The second-order valence-corrected chi connectivity index (χ2v) is 5.96. The lowest BCUT2D eigenvalue weighted by atomic mass is 10.1. The number of benzene rings is 2. The van der Waals surface area contributed by atoms with Crippen LogP contribution < -0.4 is 11.1 Å². The van der Waals surface area contributed by atoms with Crippen LogP contribution in [0.1, 0.15) is 30.5 Å². The summed E-state index contributed by atoms with van der Waals surface area (Å²) >= 11 is 3.44. The van der Waals surface area contributed by atoms with Crippen LogP contribution in [0.3, 0.4) is 0 Å². The first-order valence-electron chi connectivity index (χ1n) is 6.94. The molecule has 1 unspecified atom stereocenters. The Labute approximate surface area is 133 Å². The minimum absolute atomic E-state index is 0.0110. The van der Waals surface area contributed by atoms with Crippen LogP contribution in [-0.2, 0) is 11.2 Å². The number of para-hydroxylation sites is 1. The first-order chi connectivity index (χ1) is 10.1. The van der Waals surface area contributed by atoms with Crippen molar-refractivity contribution in [3.63, 3.8) is 0 Å². The number of carbonyl (C=O) groups excluding carboxylic acids is 1. The van der Waals surface area contributed by atoms with Crippen molar-refractivity contribution in [2.24, 2.45) is 0 Å². The molecule has 0 fully saturated rings. The molecule has 0 radical (unpaired) electrons. The molecule has 4 heteroatoms. The van der Waals surface area contributed by atoms with Crippen LogP contribution in [0.4, 0.5) is 5.69 Å². The number of amides is 1. The summed E-state index contributed by atoms with van der Waals surface area (Å²) in [5.74, 6) is 0.0331. The molecule has 0 aliphatic heterocycles. The molecule has 2 rings (SSSR count). The number of rotatable bonds is 5. The van der Waals surface area contributed by atoms with E-state index in [1.54, 1.807) is 0 Å². The van der Waals surface area contributed by atoms with Gasteiger partial charge in [-0.1, -0.05) is 46.3 Å². The first kappa shape index (κ1) is 15.6. The molecular weight excluding hydrogens is 328 g/mol. The molecule has 0 spiro atoms. The van der Waals surface area contributed by atoms with E-state index in [4.69, 9.17) is 5.73 Å². The van der Waals surface area contributed by atoms with Crippen LogP contribution in [0, 0.1) is 0 Å². The third-order valence-corrected chi connectivity index (χ3v) is 3.90. The Balaban J connectivity index is 1.89. The number of nitrogen functional groups attached to an aromatic ring is 1. The van der Waals surface area contributed by atoms with Crippen LogP contribution in [-0.4, -0.2) is 5.91 Å². The lowest BCUT2D eigenvalue weighted by Gasteiger charge is -2.15. The van der Waals surface area contributed by atoms with Gasteiger partial charge in [-0.25, -0.2) is 0 Å². The quantitative estimate of drug-likeness (QED) is 0.808. The number of aryl methyl sites for hydroxylation is 1. The lowest BCUT2D eigenvalue weighted by molar-refractivity contribution is -0.121. The zero-order valence-corrected chi connectivity index (χ0v) is 13.6. The number of carbonyl (C=O) groups is 1. The first-order valence-corrected chi connectivity index (χ1v) is 7.74. The molecule has 0 saturated carbocycles. The molecule has 0 heterocycles. The Morgan fingerprint density at radius 3 is 2.71 bits per heavy atom. The SMILES string of the molecule is CC(NC(=O)CCc1ccccc1N)c1cccc(Br)c1. The number of nitrogens with one attached hydrogen (secondary N) is 1. The van der Waals surface area contributed by atoms with Gasteiger partial charge in [-0.3, -0.25) is 4.79 Å². The molecule has 2 aromatic carbocycles. The molecule has 3 N–H and O–H groups in total. The molecule has 0 saturated heterocycles. The summed E-state index contributed by atoms with van der Waals surface area (Å²) in [5.41, 5.74) is 8.72. The number of hydrogen-bond acceptors (Lipinski definition) is 2. The molecule has 3 nitrogen and oxygen atoms in total. The molecule has 0 bridgehead atoms. The highest BCUT2D eigenvalue weighted by molar-refractivity contribution is 9.10. The maximum absolute atomic E-state index is 12.0. The maximum atomic E-state index is 12.0. The van der Waals surface area contributed by atoms with Crippen molar-refractivity contribution in [2.45, 2.75) is 25.8 Å². The van der Waals surface area contributed by atoms with Crippen LogP contribution >= 0.6 is 15.9 Å². The van der Waals surface area contributed by atoms with E-state index >= 15 is 0 Å². The molecule has 110 valence electrons. The maximum Gasteiger partial charge on any atom is 0.220 e.